The van der Waals surface area contributed by atoms with Crippen LogP contribution in [0.25, 0.3) is 0 Å². The topological polar surface area (TPSA) is 125 Å². The molecule has 1 aliphatic heterocycles. The summed E-state index contributed by atoms with van der Waals surface area (Å²) in [5, 5.41) is 33.6. The van der Waals surface area contributed by atoms with E-state index in [9.17, 15) is 20.2 Å². The van der Waals surface area contributed by atoms with Crippen molar-refractivity contribution in [1.29, 1.82) is 5.26 Å². The van der Waals surface area contributed by atoms with Crippen molar-refractivity contribution in [1.82, 2.24) is 4.90 Å². The second-order valence-corrected chi connectivity index (χ2v) is 5.61. The summed E-state index contributed by atoms with van der Waals surface area (Å²) in [7, 11) is 1.97. The number of hydrogen-bond donors (Lipinski definition) is 1. The fourth-order valence-corrected chi connectivity index (χ4v) is 2.79. The van der Waals surface area contributed by atoms with Crippen LogP contribution in [0.2, 0.25) is 0 Å². The quantitative estimate of drug-likeness (QED) is 0.364. The van der Waals surface area contributed by atoms with E-state index < -0.39 is 9.85 Å². The minimum absolute atomic E-state index is 0.106. The van der Waals surface area contributed by atoms with Gasteiger partial charge in [-0.25, -0.2) is 0 Å². The van der Waals surface area contributed by atoms with Crippen LogP contribution in [0.3, 0.4) is 0 Å². The maximum Gasteiger partial charge on any atom is 0.299 e. The van der Waals surface area contributed by atoms with E-state index in [2.05, 4.69) is 10.2 Å². The lowest BCUT2D eigenvalue weighted by atomic mass is 10.1. The molecule has 1 fully saturated rings. The molecule has 1 heterocycles. The number of allylic oxidation sites excluding steroid dienone is 1. The number of hydrogen-bond acceptors (Lipinski definition) is 7. The van der Waals surface area contributed by atoms with Crippen LogP contribution >= 0.6 is 0 Å². The Balaban J connectivity index is 2.33. The highest BCUT2D eigenvalue weighted by molar-refractivity contribution is 5.66. The van der Waals surface area contributed by atoms with Crippen molar-refractivity contribution in [2.75, 3.05) is 18.9 Å². The summed E-state index contributed by atoms with van der Waals surface area (Å²) in [5.74, 6) is 0. The molecule has 1 aliphatic rings. The first kappa shape index (κ1) is 18.1. The summed E-state index contributed by atoms with van der Waals surface area (Å²) in [4.78, 5) is 22.8. The van der Waals surface area contributed by atoms with E-state index in [-0.39, 0.29) is 23.1 Å². The van der Waals surface area contributed by atoms with Crippen LogP contribution in [0.1, 0.15) is 12.8 Å². The van der Waals surface area contributed by atoms with Crippen LogP contribution in [0.15, 0.2) is 42.1 Å². The summed E-state index contributed by atoms with van der Waals surface area (Å²) in [6, 6.07) is 5.46. The van der Waals surface area contributed by atoms with Gasteiger partial charge >= 0.3 is 0 Å². The molecule has 0 saturated carbocycles. The van der Waals surface area contributed by atoms with Gasteiger partial charge in [0.1, 0.15) is 5.69 Å². The van der Waals surface area contributed by atoms with E-state index in [1.54, 1.807) is 12.3 Å². The Hall–Kier alpha value is -3.25. The molecule has 1 atom stereocenters. The smallest absolute Gasteiger partial charge is 0.299 e. The molecule has 0 spiro atoms. The van der Waals surface area contributed by atoms with Gasteiger partial charge in [-0.1, -0.05) is 0 Å². The van der Waals surface area contributed by atoms with Gasteiger partial charge in [-0.15, -0.1) is 0 Å². The maximum absolute atomic E-state index is 11.2. The third-order valence-corrected chi connectivity index (χ3v) is 4.04. The lowest BCUT2D eigenvalue weighted by Gasteiger charge is -2.20. The van der Waals surface area contributed by atoms with Gasteiger partial charge in [0.05, 0.1) is 22.0 Å². The minimum Gasteiger partial charge on any atom is -0.356 e. The fourth-order valence-electron chi connectivity index (χ4n) is 2.79. The third-order valence-electron chi connectivity index (χ3n) is 4.04. The number of nitro benzene ring substituents is 2. The van der Waals surface area contributed by atoms with Gasteiger partial charge in [-0.05, 0) is 44.1 Å². The van der Waals surface area contributed by atoms with Crippen LogP contribution in [0, 0.1) is 31.6 Å². The molecular formula is C16H17N5O4. The standard InChI is InChI=1S/C16H17N5O4/c1-19-9-3-5-15(19)12(4-2-8-17)11-18-14-7-6-13(20(22)23)10-16(14)21(24)25/h2,4,6-7,10-11,15,18H,3,5,9H2,1H3/b4-2+,12-11-. The number of non-ortho nitro benzene ring substituents is 1. The highest BCUT2D eigenvalue weighted by Gasteiger charge is 2.24. The van der Waals surface area contributed by atoms with Crippen molar-refractivity contribution in [2.24, 2.45) is 0 Å². The van der Waals surface area contributed by atoms with Gasteiger partial charge in [0.25, 0.3) is 11.4 Å². The van der Waals surface area contributed by atoms with Gasteiger partial charge in [-0.2, -0.15) is 5.26 Å². The van der Waals surface area contributed by atoms with Crippen LogP contribution < -0.4 is 5.32 Å². The molecule has 1 aromatic carbocycles. The molecule has 0 amide bonds. The Bertz CT molecular complexity index is 781. The second kappa shape index (κ2) is 8.03. The van der Waals surface area contributed by atoms with Crippen LogP contribution in [0.5, 0.6) is 0 Å². The highest BCUT2D eigenvalue weighted by Crippen LogP contribution is 2.30. The molecule has 9 nitrogen and oxygen atoms in total. The van der Waals surface area contributed by atoms with E-state index >= 15 is 0 Å². The largest absolute Gasteiger partial charge is 0.356 e. The number of nitriles is 1. The molecule has 25 heavy (non-hydrogen) atoms. The van der Waals surface area contributed by atoms with E-state index in [1.165, 1.54) is 18.2 Å². The van der Waals surface area contributed by atoms with E-state index in [0.29, 0.717) is 0 Å². The average Bonchev–Trinajstić information content (AvgIpc) is 3.00. The van der Waals surface area contributed by atoms with Crippen molar-refractivity contribution in [3.05, 3.63) is 62.4 Å². The molecule has 130 valence electrons. The Labute approximate surface area is 144 Å². The van der Waals surface area contributed by atoms with Crippen LogP contribution in [0.4, 0.5) is 17.1 Å². The molecule has 1 aromatic rings. The highest BCUT2D eigenvalue weighted by atomic mass is 16.6. The molecule has 0 bridgehead atoms. The average molecular weight is 343 g/mol. The summed E-state index contributed by atoms with van der Waals surface area (Å²) < 4.78 is 0. The number of benzene rings is 1. The van der Waals surface area contributed by atoms with Crippen molar-refractivity contribution in [3.8, 4) is 6.07 Å². The van der Waals surface area contributed by atoms with Crippen LogP contribution in [-0.2, 0) is 0 Å². The Morgan fingerprint density at radius 3 is 2.72 bits per heavy atom. The Morgan fingerprint density at radius 2 is 2.16 bits per heavy atom. The first-order valence-corrected chi connectivity index (χ1v) is 7.60. The maximum atomic E-state index is 11.2. The Kier molecular flexibility index (Phi) is 5.81. The lowest BCUT2D eigenvalue weighted by molar-refractivity contribution is -0.393. The monoisotopic (exact) mass is 343 g/mol. The molecule has 0 aliphatic carbocycles. The normalized spacial score (nSPS) is 18.2. The third kappa shape index (κ3) is 4.39. The number of nitrogens with one attached hydrogen (secondary N) is 1. The number of likely N-dealkylation sites (tertiary alicyclic amines) is 1. The molecule has 0 radical (unpaired) electrons. The van der Waals surface area contributed by atoms with Crippen molar-refractivity contribution in [2.45, 2.75) is 18.9 Å². The van der Waals surface area contributed by atoms with Gasteiger partial charge in [0, 0.05) is 24.4 Å². The van der Waals surface area contributed by atoms with Gasteiger partial charge in [0.2, 0.25) is 0 Å². The van der Waals surface area contributed by atoms with Crippen molar-refractivity contribution < 1.29 is 9.85 Å². The Morgan fingerprint density at radius 1 is 1.40 bits per heavy atom. The minimum atomic E-state index is -0.679. The van der Waals surface area contributed by atoms with Crippen molar-refractivity contribution >= 4 is 17.1 Å². The van der Waals surface area contributed by atoms with E-state index in [1.807, 2.05) is 13.1 Å². The molecule has 1 N–H and O–H groups in total. The number of anilines is 1. The molecule has 0 aromatic heterocycles. The zero-order valence-electron chi connectivity index (χ0n) is 13.6. The number of likely N-dealkylation sites (N-methyl/N-ethyl adjacent to an activating group) is 1. The molecule has 1 saturated heterocycles. The molecule has 1 unspecified atom stereocenters. The zero-order chi connectivity index (χ0) is 18.4. The van der Waals surface area contributed by atoms with E-state index in [0.717, 1.165) is 31.0 Å². The molecular weight excluding hydrogens is 326 g/mol. The van der Waals surface area contributed by atoms with Gasteiger partial charge in [0.15, 0.2) is 0 Å². The van der Waals surface area contributed by atoms with Gasteiger partial charge < -0.3 is 5.32 Å². The summed E-state index contributed by atoms with van der Waals surface area (Å²) in [6.07, 6.45) is 6.56. The zero-order valence-corrected chi connectivity index (χ0v) is 13.6. The van der Waals surface area contributed by atoms with E-state index in [4.69, 9.17) is 5.26 Å². The fraction of sp³-hybridized carbons (Fsp3) is 0.312. The first-order valence-electron chi connectivity index (χ1n) is 7.60. The van der Waals surface area contributed by atoms with Crippen molar-refractivity contribution in [3.63, 3.8) is 0 Å². The molecule has 2 rings (SSSR count). The second-order valence-electron chi connectivity index (χ2n) is 5.61. The summed E-state index contributed by atoms with van der Waals surface area (Å²) >= 11 is 0. The lowest BCUT2D eigenvalue weighted by Crippen LogP contribution is -2.26. The summed E-state index contributed by atoms with van der Waals surface area (Å²) in [6.45, 7) is 0.931. The molecule has 9 heteroatoms. The van der Waals surface area contributed by atoms with Gasteiger partial charge in [-0.3, -0.25) is 25.1 Å². The first-order chi connectivity index (χ1) is 11.9. The summed E-state index contributed by atoms with van der Waals surface area (Å²) in [5.41, 5.74) is 0.239. The number of rotatable bonds is 6. The SMILES string of the molecule is CN1CCCC1C(=C\Nc1ccc([N+](=O)[O-])cc1[N+](=O)[O-])/C=C/C#N. The number of nitro groups is 2. The van der Waals surface area contributed by atoms with Crippen LogP contribution in [-0.4, -0.2) is 34.4 Å². The predicted molar refractivity (Wildman–Crippen MR) is 91.9 cm³/mol. The number of nitrogens with zero attached hydrogens (tertiary/aromatic N) is 4. The predicted octanol–water partition coefficient (Wildman–Crippen LogP) is 2.97.